The summed E-state index contributed by atoms with van der Waals surface area (Å²) in [6, 6.07) is 9.40. The van der Waals surface area contributed by atoms with Crippen molar-refractivity contribution in [2.45, 2.75) is 12.8 Å². The number of carboxylic acid groups (broad SMARTS) is 1. The molecular formula is C19H22N4O4S. The van der Waals surface area contributed by atoms with E-state index in [1.807, 2.05) is 30.3 Å². The first kappa shape index (κ1) is 20.0. The minimum atomic E-state index is -0.935. The molecule has 2 aromatic rings. The van der Waals surface area contributed by atoms with E-state index >= 15 is 0 Å². The molecule has 0 spiro atoms. The first-order chi connectivity index (χ1) is 13.5. The second kappa shape index (κ2) is 9.43. The third-order valence-corrected chi connectivity index (χ3v) is 5.53. The SMILES string of the molecule is O=C(O)CCc1sc(-c2ccccc2)nc1C(=O)NCC(=O)N1CCNCC1. The Bertz CT molecular complexity index is 847. The van der Waals surface area contributed by atoms with Crippen molar-refractivity contribution in [3.8, 4) is 10.6 Å². The predicted octanol–water partition coefficient (Wildman–Crippen LogP) is 0.989. The molecule has 9 heteroatoms. The van der Waals surface area contributed by atoms with E-state index in [1.165, 1.54) is 11.3 Å². The second-order valence-corrected chi connectivity index (χ2v) is 7.45. The summed E-state index contributed by atoms with van der Waals surface area (Å²) >= 11 is 1.31. The van der Waals surface area contributed by atoms with Crippen molar-refractivity contribution in [2.24, 2.45) is 0 Å². The number of aliphatic carboxylic acids is 1. The van der Waals surface area contributed by atoms with Gasteiger partial charge < -0.3 is 20.6 Å². The van der Waals surface area contributed by atoms with Gasteiger partial charge in [-0.2, -0.15) is 0 Å². The van der Waals surface area contributed by atoms with Crippen molar-refractivity contribution < 1.29 is 19.5 Å². The molecule has 0 saturated carbocycles. The van der Waals surface area contributed by atoms with Gasteiger partial charge in [-0.3, -0.25) is 14.4 Å². The molecule has 0 unspecified atom stereocenters. The number of aromatic nitrogens is 1. The lowest BCUT2D eigenvalue weighted by atomic mass is 10.2. The number of amides is 2. The van der Waals surface area contributed by atoms with Crippen LogP contribution in [0.4, 0.5) is 0 Å². The van der Waals surface area contributed by atoms with Gasteiger partial charge in [-0.05, 0) is 6.42 Å². The van der Waals surface area contributed by atoms with Crippen LogP contribution in [0.3, 0.4) is 0 Å². The summed E-state index contributed by atoms with van der Waals surface area (Å²) in [5.74, 6) is -1.53. The van der Waals surface area contributed by atoms with Gasteiger partial charge in [0, 0.05) is 36.6 Å². The number of carbonyl (C=O) groups is 3. The number of carboxylic acids is 1. The monoisotopic (exact) mass is 402 g/mol. The Morgan fingerprint density at radius 2 is 1.89 bits per heavy atom. The number of carbonyl (C=O) groups excluding carboxylic acids is 2. The maximum absolute atomic E-state index is 12.6. The standard InChI is InChI=1S/C19H22N4O4S/c24-15(23-10-8-20-9-11-23)12-21-18(27)17-14(6-7-16(25)26)28-19(22-17)13-4-2-1-3-5-13/h1-5,20H,6-12H2,(H,21,27)(H,25,26). The maximum atomic E-state index is 12.6. The summed E-state index contributed by atoms with van der Waals surface area (Å²) in [5, 5.41) is 15.4. The van der Waals surface area contributed by atoms with E-state index in [9.17, 15) is 14.4 Å². The van der Waals surface area contributed by atoms with Crippen LogP contribution < -0.4 is 10.6 Å². The highest BCUT2D eigenvalue weighted by Crippen LogP contribution is 2.29. The van der Waals surface area contributed by atoms with Crippen molar-refractivity contribution >= 4 is 29.1 Å². The molecule has 2 heterocycles. The van der Waals surface area contributed by atoms with Gasteiger partial charge in [-0.25, -0.2) is 4.98 Å². The number of hydrogen-bond donors (Lipinski definition) is 3. The first-order valence-corrected chi connectivity index (χ1v) is 9.90. The number of hydrogen-bond acceptors (Lipinski definition) is 6. The van der Waals surface area contributed by atoms with Crippen molar-refractivity contribution in [3.63, 3.8) is 0 Å². The van der Waals surface area contributed by atoms with Gasteiger partial charge in [0.25, 0.3) is 5.91 Å². The molecule has 0 atom stereocenters. The molecule has 1 saturated heterocycles. The number of nitrogens with zero attached hydrogens (tertiary/aromatic N) is 2. The Morgan fingerprint density at radius 1 is 1.18 bits per heavy atom. The van der Waals surface area contributed by atoms with Crippen molar-refractivity contribution in [1.82, 2.24) is 20.5 Å². The molecule has 0 aliphatic carbocycles. The number of nitrogens with one attached hydrogen (secondary N) is 2. The van der Waals surface area contributed by atoms with Gasteiger partial charge in [0.2, 0.25) is 5.91 Å². The van der Waals surface area contributed by atoms with Crippen LogP contribution in [0.5, 0.6) is 0 Å². The van der Waals surface area contributed by atoms with E-state index in [1.54, 1.807) is 4.90 Å². The zero-order valence-electron chi connectivity index (χ0n) is 15.3. The summed E-state index contributed by atoms with van der Waals surface area (Å²) in [6.07, 6.45) is 0.130. The third-order valence-electron chi connectivity index (χ3n) is 4.37. The zero-order valence-corrected chi connectivity index (χ0v) is 16.1. The summed E-state index contributed by atoms with van der Waals surface area (Å²) in [5.41, 5.74) is 1.05. The number of aryl methyl sites for hydroxylation is 1. The van der Waals surface area contributed by atoms with Crippen molar-refractivity contribution in [3.05, 3.63) is 40.9 Å². The Balaban J connectivity index is 1.72. The van der Waals surface area contributed by atoms with Gasteiger partial charge in [0.1, 0.15) is 10.7 Å². The van der Waals surface area contributed by atoms with E-state index in [2.05, 4.69) is 15.6 Å². The summed E-state index contributed by atoms with van der Waals surface area (Å²) in [7, 11) is 0. The molecule has 1 aliphatic heterocycles. The Hall–Kier alpha value is -2.78. The highest BCUT2D eigenvalue weighted by Gasteiger charge is 2.22. The molecule has 148 valence electrons. The van der Waals surface area contributed by atoms with Crippen LogP contribution in [-0.4, -0.2) is 65.5 Å². The van der Waals surface area contributed by atoms with Crippen LogP contribution in [0.25, 0.3) is 10.6 Å². The van der Waals surface area contributed by atoms with Crippen LogP contribution in [0, 0.1) is 0 Å². The molecule has 3 rings (SSSR count). The topological polar surface area (TPSA) is 112 Å². The fourth-order valence-electron chi connectivity index (χ4n) is 2.89. The molecule has 1 aliphatic rings. The molecule has 1 fully saturated rings. The summed E-state index contributed by atoms with van der Waals surface area (Å²) in [4.78, 5) is 42.6. The first-order valence-electron chi connectivity index (χ1n) is 9.08. The molecule has 8 nitrogen and oxygen atoms in total. The lowest BCUT2D eigenvalue weighted by Gasteiger charge is -2.27. The smallest absolute Gasteiger partial charge is 0.303 e. The van der Waals surface area contributed by atoms with Gasteiger partial charge in [-0.1, -0.05) is 30.3 Å². The molecule has 3 N–H and O–H groups in total. The van der Waals surface area contributed by atoms with E-state index < -0.39 is 11.9 Å². The van der Waals surface area contributed by atoms with E-state index in [0.717, 1.165) is 18.7 Å². The average Bonchev–Trinajstić information content (AvgIpc) is 3.16. The van der Waals surface area contributed by atoms with Gasteiger partial charge >= 0.3 is 5.97 Å². The molecule has 0 radical (unpaired) electrons. The summed E-state index contributed by atoms with van der Waals surface area (Å²) < 4.78 is 0. The number of piperazine rings is 1. The lowest BCUT2D eigenvalue weighted by Crippen LogP contribution is -2.49. The normalized spacial score (nSPS) is 13.9. The molecule has 2 amide bonds. The van der Waals surface area contributed by atoms with Crippen LogP contribution in [-0.2, 0) is 16.0 Å². The molecule has 1 aromatic heterocycles. The number of thiazole rings is 1. The number of benzene rings is 1. The fourth-order valence-corrected chi connectivity index (χ4v) is 3.95. The van der Waals surface area contributed by atoms with Gasteiger partial charge in [-0.15, -0.1) is 11.3 Å². The van der Waals surface area contributed by atoms with Gasteiger partial charge in [0.05, 0.1) is 13.0 Å². The quantitative estimate of drug-likeness (QED) is 0.637. The Morgan fingerprint density at radius 3 is 2.57 bits per heavy atom. The Labute approximate surface area is 166 Å². The molecule has 1 aromatic carbocycles. The maximum Gasteiger partial charge on any atom is 0.303 e. The third kappa shape index (κ3) is 5.14. The summed E-state index contributed by atoms with van der Waals surface area (Å²) in [6.45, 7) is 2.62. The molecule has 28 heavy (non-hydrogen) atoms. The highest BCUT2D eigenvalue weighted by atomic mass is 32.1. The van der Waals surface area contributed by atoms with E-state index in [4.69, 9.17) is 5.11 Å². The van der Waals surface area contributed by atoms with Gasteiger partial charge in [0.15, 0.2) is 0 Å². The highest BCUT2D eigenvalue weighted by molar-refractivity contribution is 7.15. The van der Waals surface area contributed by atoms with Crippen LogP contribution in [0.15, 0.2) is 30.3 Å². The molecular weight excluding hydrogens is 380 g/mol. The predicted molar refractivity (Wildman–Crippen MR) is 105 cm³/mol. The van der Waals surface area contributed by atoms with E-state index in [0.29, 0.717) is 23.0 Å². The van der Waals surface area contributed by atoms with Crippen LogP contribution >= 0.6 is 11.3 Å². The van der Waals surface area contributed by atoms with E-state index in [-0.39, 0.29) is 31.0 Å². The fraction of sp³-hybridized carbons (Fsp3) is 0.368. The van der Waals surface area contributed by atoms with Crippen LogP contribution in [0.2, 0.25) is 0 Å². The largest absolute Gasteiger partial charge is 0.481 e. The second-order valence-electron chi connectivity index (χ2n) is 6.36. The lowest BCUT2D eigenvalue weighted by molar-refractivity contribution is -0.137. The van der Waals surface area contributed by atoms with Crippen molar-refractivity contribution in [1.29, 1.82) is 0 Å². The minimum absolute atomic E-state index is 0.0869. The average molecular weight is 402 g/mol. The van der Waals surface area contributed by atoms with Crippen molar-refractivity contribution in [2.75, 3.05) is 32.7 Å². The van der Waals surface area contributed by atoms with Crippen LogP contribution in [0.1, 0.15) is 21.8 Å². The Kier molecular flexibility index (Phi) is 6.72. The molecule has 0 bridgehead atoms. The zero-order chi connectivity index (χ0) is 19.9. The number of rotatable bonds is 7. The minimum Gasteiger partial charge on any atom is -0.481 e.